The second kappa shape index (κ2) is 9.37. The number of carbonyl (C=O) groups excluding carboxylic acids is 2. The number of likely N-dealkylation sites (tertiary alicyclic amines) is 1. The van der Waals surface area contributed by atoms with E-state index in [4.69, 9.17) is 14.7 Å². The molecule has 0 bridgehead atoms. The maximum absolute atomic E-state index is 12.1. The third-order valence-electron chi connectivity index (χ3n) is 3.75. The summed E-state index contributed by atoms with van der Waals surface area (Å²) >= 11 is 0. The molecular formula is C17H22N4O4. The van der Waals surface area contributed by atoms with E-state index in [2.05, 4.69) is 10.6 Å². The Kier molecular flexibility index (Phi) is 6.89. The average molecular weight is 346 g/mol. The standard InChI is InChI=1S/C17H22N4O4/c1-2-24-17(23)21-9-6-13(7-10-21)19-16(22)20-14-4-3-5-15(12-14)25-11-8-18/h3-5,12-13H,2,6-7,9-11H2,1H3,(H2,19,20,22). The second-order valence-electron chi connectivity index (χ2n) is 5.53. The summed E-state index contributed by atoms with van der Waals surface area (Å²) < 4.78 is 10.2. The molecule has 3 amide bonds. The SMILES string of the molecule is CCOC(=O)N1CCC(NC(=O)Nc2cccc(OCC#N)c2)CC1. The number of benzene rings is 1. The van der Waals surface area contributed by atoms with E-state index >= 15 is 0 Å². The predicted octanol–water partition coefficient (Wildman–Crippen LogP) is 2.33. The van der Waals surface area contributed by atoms with Gasteiger partial charge in [0, 0.05) is 30.9 Å². The van der Waals surface area contributed by atoms with Crippen LogP contribution in [0.3, 0.4) is 0 Å². The number of hydrogen-bond donors (Lipinski definition) is 2. The third kappa shape index (κ3) is 5.88. The van der Waals surface area contributed by atoms with Crippen molar-refractivity contribution in [2.45, 2.75) is 25.8 Å². The van der Waals surface area contributed by atoms with Crippen LogP contribution in [-0.2, 0) is 4.74 Å². The number of urea groups is 1. The molecule has 0 radical (unpaired) electrons. The highest BCUT2D eigenvalue weighted by Gasteiger charge is 2.24. The van der Waals surface area contributed by atoms with Crippen LogP contribution < -0.4 is 15.4 Å². The highest BCUT2D eigenvalue weighted by molar-refractivity contribution is 5.89. The molecule has 1 saturated heterocycles. The Hall–Kier alpha value is -2.95. The number of piperidine rings is 1. The Labute approximate surface area is 146 Å². The number of nitriles is 1. The van der Waals surface area contributed by atoms with E-state index in [0.29, 0.717) is 44.0 Å². The molecule has 2 rings (SSSR count). The van der Waals surface area contributed by atoms with E-state index in [1.807, 2.05) is 6.07 Å². The van der Waals surface area contributed by atoms with Gasteiger partial charge >= 0.3 is 12.1 Å². The minimum atomic E-state index is -0.313. The number of amides is 3. The van der Waals surface area contributed by atoms with E-state index in [0.717, 1.165) is 0 Å². The van der Waals surface area contributed by atoms with Gasteiger partial charge in [0.05, 0.1) is 6.61 Å². The van der Waals surface area contributed by atoms with Crippen LogP contribution in [0.5, 0.6) is 5.75 Å². The van der Waals surface area contributed by atoms with Gasteiger partial charge in [-0.1, -0.05) is 6.07 Å². The first kappa shape index (κ1) is 18.4. The average Bonchev–Trinajstić information content (AvgIpc) is 2.61. The molecule has 1 aromatic rings. The van der Waals surface area contributed by atoms with Gasteiger partial charge in [0.2, 0.25) is 0 Å². The van der Waals surface area contributed by atoms with Gasteiger partial charge in [-0.2, -0.15) is 5.26 Å². The van der Waals surface area contributed by atoms with Crippen molar-refractivity contribution in [3.63, 3.8) is 0 Å². The highest BCUT2D eigenvalue weighted by atomic mass is 16.6. The zero-order valence-corrected chi connectivity index (χ0v) is 14.2. The van der Waals surface area contributed by atoms with Gasteiger partial charge in [0.25, 0.3) is 0 Å². The first-order valence-electron chi connectivity index (χ1n) is 8.21. The minimum absolute atomic E-state index is 0.00342. The summed E-state index contributed by atoms with van der Waals surface area (Å²) in [6, 6.07) is 8.42. The molecular weight excluding hydrogens is 324 g/mol. The molecule has 134 valence electrons. The number of rotatable bonds is 5. The smallest absolute Gasteiger partial charge is 0.409 e. The van der Waals surface area contributed by atoms with Crippen molar-refractivity contribution in [3.8, 4) is 11.8 Å². The summed E-state index contributed by atoms with van der Waals surface area (Å²) in [7, 11) is 0. The van der Waals surface area contributed by atoms with Gasteiger partial charge in [0.15, 0.2) is 6.61 Å². The molecule has 1 aromatic carbocycles. The molecule has 0 aliphatic carbocycles. The summed E-state index contributed by atoms with van der Waals surface area (Å²) in [5.41, 5.74) is 0.580. The summed E-state index contributed by atoms with van der Waals surface area (Å²) in [6.45, 7) is 3.20. The Morgan fingerprint density at radius 1 is 1.36 bits per heavy atom. The van der Waals surface area contributed by atoms with Crippen LogP contribution in [0.1, 0.15) is 19.8 Å². The monoisotopic (exact) mass is 346 g/mol. The fourth-order valence-corrected chi connectivity index (χ4v) is 2.55. The zero-order valence-electron chi connectivity index (χ0n) is 14.2. The Morgan fingerprint density at radius 2 is 2.12 bits per heavy atom. The van der Waals surface area contributed by atoms with Crippen molar-refractivity contribution in [1.29, 1.82) is 5.26 Å². The lowest BCUT2D eigenvalue weighted by molar-refractivity contribution is 0.0959. The van der Waals surface area contributed by atoms with Crippen molar-refractivity contribution in [3.05, 3.63) is 24.3 Å². The van der Waals surface area contributed by atoms with Gasteiger partial charge in [0.1, 0.15) is 11.8 Å². The van der Waals surface area contributed by atoms with Crippen LogP contribution in [0.25, 0.3) is 0 Å². The fraction of sp³-hybridized carbons (Fsp3) is 0.471. The first-order valence-corrected chi connectivity index (χ1v) is 8.21. The largest absolute Gasteiger partial charge is 0.479 e. The highest BCUT2D eigenvalue weighted by Crippen LogP contribution is 2.17. The number of nitrogens with zero attached hydrogens (tertiary/aromatic N) is 2. The van der Waals surface area contributed by atoms with Gasteiger partial charge in [-0.3, -0.25) is 0 Å². The third-order valence-corrected chi connectivity index (χ3v) is 3.75. The lowest BCUT2D eigenvalue weighted by Gasteiger charge is -2.31. The van der Waals surface area contributed by atoms with Crippen molar-refractivity contribution < 1.29 is 19.1 Å². The normalized spacial score (nSPS) is 14.3. The molecule has 1 heterocycles. The Bertz CT molecular complexity index is 636. The van der Waals surface area contributed by atoms with Crippen LogP contribution in [0, 0.1) is 11.3 Å². The van der Waals surface area contributed by atoms with E-state index in [1.165, 1.54) is 0 Å². The molecule has 0 saturated carbocycles. The van der Waals surface area contributed by atoms with E-state index < -0.39 is 0 Å². The van der Waals surface area contributed by atoms with Gasteiger partial charge < -0.3 is 25.0 Å². The summed E-state index contributed by atoms with van der Waals surface area (Å²) in [6.07, 6.45) is 1.05. The number of nitrogens with one attached hydrogen (secondary N) is 2. The first-order chi connectivity index (χ1) is 12.1. The molecule has 0 unspecified atom stereocenters. The minimum Gasteiger partial charge on any atom is -0.479 e. The summed E-state index contributed by atoms with van der Waals surface area (Å²) in [5, 5.41) is 14.2. The molecule has 8 heteroatoms. The van der Waals surface area contributed by atoms with E-state index in [1.54, 1.807) is 36.1 Å². The lowest BCUT2D eigenvalue weighted by Crippen LogP contribution is -2.47. The molecule has 25 heavy (non-hydrogen) atoms. The quantitative estimate of drug-likeness (QED) is 0.851. The molecule has 2 N–H and O–H groups in total. The Balaban J connectivity index is 1.78. The number of hydrogen-bond acceptors (Lipinski definition) is 5. The Morgan fingerprint density at radius 3 is 2.80 bits per heavy atom. The molecule has 0 spiro atoms. The van der Waals surface area contributed by atoms with Crippen LogP contribution >= 0.6 is 0 Å². The van der Waals surface area contributed by atoms with E-state index in [9.17, 15) is 9.59 Å². The number of carbonyl (C=O) groups is 2. The maximum atomic E-state index is 12.1. The molecule has 8 nitrogen and oxygen atoms in total. The predicted molar refractivity (Wildman–Crippen MR) is 91.3 cm³/mol. The van der Waals surface area contributed by atoms with E-state index in [-0.39, 0.29) is 24.8 Å². The van der Waals surface area contributed by atoms with Crippen LogP contribution in [0.15, 0.2) is 24.3 Å². The van der Waals surface area contributed by atoms with Crippen molar-refractivity contribution in [2.24, 2.45) is 0 Å². The summed E-state index contributed by atoms with van der Waals surface area (Å²) in [4.78, 5) is 25.4. The van der Waals surface area contributed by atoms with Gasteiger partial charge in [-0.25, -0.2) is 9.59 Å². The zero-order chi connectivity index (χ0) is 18.1. The molecule has 0 atom stereocenters. The van der Waals surface area contributed by atoms with Crippen LogP contribution in [0.2, 0.25) is 0 Å². The van der Waals surface area contributed by atoms with Crippen LogP contribution in [-0.4, -0.2) is 49.4 Å². The lowest BCUT2D eigenvalue weighted by atomic mass is 10.1. The number of anilines is 1. The number of ether oxygens (including phenoxy) is 2. The molecule has 0 aromatic heterocycles. The molecule has 1 fully saturated rings. The van der Waals surface area contributed by atoms with Gasteiger partial charge in [-0.15, -0.1) is 0 Å². The van der Waals surface area contributed by atoms with Crippen molar-refractivity contribution in [1.82, 2.24) is 10.2 Å². The maximum Gasteiger partial charge on any atom is 0.409 e. The summed E-state index contributed by atoms with van der Waals surface area (Å²) in [5.74, 6) is 0.516. The molecule has 1 aliphatic heterocycles. The van der Waals surface area contributed by atoms with Crippen LogP contribution in [0.4, 0.5) is 15.3 Å². The fourth-order valence-electron chi connectivity index (χ4n) is 2.55. The topological polar surface area (TPSA) is 104 Å². The van der Waals surface area contributed by atoms with Gasteiger partial charge in [-0.05, 0) is 31.9 Å². The second-order valence-corrected chi connectivity index (χ2v) is 5.53. The molecule has 1 aliphatic rings. The van der Waals surface area contributed by atoms with Crippen molar-refractivity contribution >= 4 is 17.8 Å². The van der Waals surface area contributed by atoms with Crippen molar-refractivity contribution in [2.75, 3.05) is 31.6 Å².